The Hall–Kier alpha value is -1.87. The Kier molecular flexibility index (Phi) is 5.38. The molecule has 7 nitrogen and oxygen atoms in total. The number of rotatable bonds is 6. The summed E-state index contributed by atoms with van der Waals surface area (Å²) in [5, 5.41) is 4.34. The summed E-state index contributed by atoms with van der Waals surface area (Å²) in [6, 6.07) is 6.55. The van der Waals surface area contributed by atoms with Gasteiger partial charge < -0.3 is 9.09 Å². The maximum atomic E-state index is 12.5. The van der Waals surface area contributed by atoms with Crippen molar-refractivity contribution in [3.8, 4) is 11.5 Å². The van der Waals surface area contributed by atoms with Crippen LogP contribution in [0.4, 0.5) is 0 Å². The Morgan fingerprint density at radius 3 is 2.77 bits per heavy atom. The molecule has 0 amide bonds. The minimum absolute atomic E-state index is 0.0418. The van der Waals surface area contributed by atoms with Gasteiger partial charge in [-0.1, -0.05) is 28.4 Å². The van der Waals surface area contributed by atoms with E-state index in [4.69, 9.17) is 27.7 Å². The first-order chi connectivity index (χ1) is 12.3. The van der Waals surface area contributed by atoms with Gasteiger partial charge in [0.25, 0.3) is 0 Å². The van der Waals surface area contributed by atoms with E-state index >= 15 is 0 Å². The molecule has 0 unspecified atom stereocenters. The van der Waals surface area contributed by atoms with Crippen molar-refractivity contribution in [3.05, 3.63) is 52.0 Å². The lowest BCUT2D eigenvalue weighted by molar-refractivity contribution is 0.375. The lowest BCUT2D eigenvalue weighted by atomic mass is 10.2. The number of nitrogens with zero attached hydrogens (tertiary/aromatic N) is 3. The van der Waals surface area contributed by atoms with Gasteiger partial charge >= 0.3 is 0 Å². The normalized spacial score (nSPS) is 11.8. The van der Waals surface area contributed by atoms with Crippen molar-refractivity contribution in [3.63, 3.8) is 0 Å². The highest BCUT2D eigenvalue weighted by Gasteiger charge is 2.21. The number of nitrogens with one attached hydrogen (secondary N) is 1. The van der Waals surface area contributed by atoms with Gasteiger partial charge in [-0.25, -0.2) is 13.1 Å². The topological polar surface area (TPSA) is 90.0 Å². The van der Waals surface area contributed by atoms with Crippen LogP contribution in [-0.4, -0.2) is 23.1 Å². The summed E-state index contributed by atoms with van der Waals surface area (Å²) in [6.07, 6.45) is 1.90. The van der Waals surface area contributed by atoms with E-state index in [1.807, 2.05) is 29.8 Å². The molecule has 0 radical (unpaired) electrons. The van der Waals surface area contributed by atoms with Crippen LogP contribution in [0, 0.1) is 6.92 Å². The molecule has 0 fully saturated rings. The molecule has 0 bridgehead atoms. The summed E-state index contributed by atoms with van der Waals surface area (Å²) in [6.45, 7) is 4.30. The van der Waals surface area contributed by atoms with Gasteiger partial charge in [-0.15, -0.1) is 0 Å². The minimum atomic E-state index is -3.86. The first-order valence-electron chi connectivity index (χ1n) is 7.75. The SMILES string of the molecule is CCn1cccc1-c1noc(CNS(=O)(=O)c2cc(C)c(Cl)cc2Cl)n1. The Bertz CT molecular complexity index is 1040. The van der Waals surface area contributed by atoms with Crippen LogP contribution in [0.5, 0.6) is 0 Å². The van der Waals surface area contributed by atoms with E-state index < -0.39 is 10.0 Å². The number of aryl methyl sites for hydroxylation is 2. The van der Waals surface area contributed by atoms with Gasteiger partial charge in [0.1, 0.15) is 4.90 Å². The van der Waals surface area contributed by atoms with Crippen molar-refractivity contribution in [2.24, 2.45) is 0 Å². The molecule has 0 saturated carbocycles. The van der Waals surface area contributed by atoms with Gasteiger partial charge in [0.15, 0.2) is 0 Å². The van der Waals surface area contributed by atoms with E-state index in [0.29, 0.717) is 16.4 Å². The Balaban J connectivity index is 1.78. The van der Waals surface area contributed by atoms with Crippen LogP contribution in [-0.2, 0) is 23.1 Å². The lowest BCUT2D eigenvalue weighted by Gasteiger charge is -2.08. The van der Waals surface area contributed by atoms with Gasteiger partial charge in [-0.2, -0.15) is 4.98 Å². The summed E-state index contributed by atoms with van der Waals surface area (Å²) < 4.78 is 34.5. The summed E-state index contributed by atoms with van der Waals surface area (Å²) >= 11 is 12.0. The van der Waals surface area contributed by atoms with E-state index in [2.05, 4.69) is 14.9 Å². The van der Waals surface area contributed by atoms with Crippen LogP contribution in [0.25, 0.3) is 11.5 Å². The van der Waals surface area contributed by atoms with Crippen molar-refractivity contribution >= 4 is 33.2 Å². The van der Waals surface area contributed by atoms with Crippen LogP contribution in [0.2, 0.25) is 10.0 Å². The highest BCUT2D eigenvalue weighted by molar-refractivity contribution is 7.89. The zero-order valence-corrected chi connectivity index (χ0v) is 16.4. The van der Waals surface area contributed by atoms with Crippen molar-refractivity contribution < 1.29 is 12.9 Å². The van der Waals surface area contributed by atoms with Crippen LogP contribution >= 0.6 is 23.2 Å². The fourth-order valence-corrected chi connectivity index (χ4v) is 4.20. The summed E-state index contributed by atoms with van der Waals surface area (Å²) in [5.41, 5.74) is 1.40. The number of halogens is 2. The van der Waals surface area contributed by atoms with Crippen LogP contribution in [0.15, 0.2) is 39.9 Å². The Morgan fingerprint density at radius 1 is 1.27 bits per heavy atom. The van der Waals surface area contributed by atoms with E-state index in [1.54, 1.807) is 6.92 Å². The third-order valence-electron chi connectivity index (χ3n) is 3.78. The molecule has 1 aromatic carbocycles. The first kappa shape index (κ1) is 18.9. The molecule has 10 heteroatoms. The smallest absolute Gasteiger partial charge is 0.242 e. The fraction of sp³-hybridized carbons (Fsp3) is 0.250. The Morgan fingerprint density at radius 2 is 2.04 bits per heavy atom. The maximum absolute atomic E-state index is 12.5. The summed E-state index contributed by atoms with van der Waals surface area (Å²) in [4.78, 5) is 4.18. The maximum Gasteiger partial charge on any atom is 0.242 e. The third kappa shape index (κ3) is 3.78. The number of hydrogen-bond donors (Lipinski definition) is 1. The predicted molar refractivity (Wildman–Crippen MR) is 98.6 cm³/mol. The van der Waals surface area contributed by atoms with Gasteiger partial charge in [-0.05, 0) is 43.7 Å². The molecule has 1 N–H and O–H groups in total. The van der Waals surface area contributed by atoms with E-state index in [1.165, 1.54) is 12.1 Å². The molecule has 3 rings (SSSR count). The van der Waals surface area contributed by atoms with Gasteiger partial charge in [-0.3, -0.25) is 0 Å². The van der Waals surface area contributed by atoms with E-state index in [9.17, 15) is 8.42 Å². The number of benzene rings is 1. The number of sulfonamides is 1. The molecular formula is C16H16Cl2N4O3S. The summed E-state index contributed by atoms with van der Waals surface area (Å²) in [7, 11) is -3.86. The molecule has 2 heterocycles. The molecular weight excluding hydrogens is 399 g/mol. The molecule has 0 atom stereocenters. The van der Waals surface area contributed by atoms with Gasteiger partial charge in [0, 0.05) is 17.8 Å². The molecule has 2 aromatic heterocycles. The molecule has 0 saturated heterocycles. The molecule has 0 spiro atoms. The predicted octanol–water partition coefficient (Wildman–Crippen LogP) is 3.65. The number of aromatic nitrogens is 3. The zero-order valence-electron chi connectivity index (χ0n) is 14.0. The fourth-order valence-electron chi connectivity index (χ4n) is 2.39. The lowest BCUT2D eigenvalue weighted by Crippen LogP contribution is -2.23. The van der Waals surface area contributed by atoms with Crippen LogP contribution < -0.4 is 4.72 Å². The monoisotopic (exact) mass is 414 g/mol. The molecule has 0 aliphatic heterocycles. The van der Waals surface area contributed by atoms with Crippen molar-refractivity contribution in [1.29, 1.82) is 0 Å². The Labute approximate surface area is 161 Å². The van der Waals surface area contributed by atoms with Crippen LogP contribution in [0.3, 0.4) is 0 Å². The molecule has 0 aliphatic carbocycles. The second kappa shape index (κ2) is 7.40. The molecule has 3 aromatic rings. The van der Waals surface area contributed by atoms with Crippen molar-refractivity contribution in [1.82, 2.24) is 19.4 Å². The second-order valence-electron chi connectivity index (χ2n) is 5.55. The highest BCUT2D eigenvalue weighted by atomic mass is 35.5. The quantitative estimate of drug-likeness (QED) is 0.664. The first-order valence-corrected chi connectivity index (χ1v) is 9.99. The molecule has 138 valence electrons. The summed E-state index contributed by atoms with van der Waals surface area (Å²) in [5.74, 6) is 0.542. The minimum Gasteiger partial charge on any atom is -0.345 e. The standard InChI is InChI=1S/C16H16Cl2N4O3S/c1-3-22-6-4-5-13(22)16-20-15(25-21-16)9-19-26(23,24)14-7-10(2)11(17)8-12(14)18/h4-8,19H,3,9H2,1-2H3. The third-order valence-corrected chi connectivity index (χ3v) is 6.06. The van der Waals surface area contributed by atoms with Crippen molar-refractivity contribution in [2.45, 2.75) is 31.8 Å². The van der Waals surface area contributed by atoms with E-state index in [-0.39, 0.29) is 22.4 Å². The largest absolute Gasteiger partial charge is 0.345 e. The molecule has 0 aliphatic rings. The number of hydrogen-bond acceptors (Lipinski definition) is 5. The second-order valence-corrected chi connectivity index (χ2v) is 8.10. The average molecular weight is 415 g/mol. The highest BCUT2D eigenvalue weighted by Crippen LogP contribution is 2.28. The van der Waals surface area contributed by atoms with Gasteiger partial charge in [0.05, 0.1) is 17.3 Å². The van der Waals surface area contributed by atoms with E-state index in [0.717, 1.165) is 12.2 Å². The average Bonchev–Trinajstić information content (AvgIpc) is 3.24. The van der Waals surface area contributed by atoms with Gasteiger partial charge in [0.2, 0.25) is 21.7 Å². The van der Waals surface area contributed by atoms with Crippen LogP contribution in [0.1, 0.15) is 18.4 Å². The zero-order chi connectivity index (χ0) is 18.9. The van der Waals surface area contributed by atoms with Crippen molar-refractivity contribution in [2.75, 3.05) is 0 Å². The molecule has 26 heavy (non-hydrogen) atoms.